The standard InChI is InChI=1S/C25H29N3O4S2/c1-2-3-14-27(20-13-15-34(31,32)18-20)23(29)17-33-25-26-22-12-8-7-11-21(22)24(30)28(25)16-19-9-5-4-6-10-19/h4-12,20H,2-3,13-18H2,1H3. The molecule has 9 heteroatoms. The van der Waals surface area contributed by atoms with Crippen molar-refractivity contribution in [2.24, 2.45) is 0 Å². The molecule has 180 valence electrons. The van der Waals surface area contributed by atoms with Crippen molar-refractivity contribution in [3.8, 4) is 0 Å². The number of hydrogen-bond acceptors (Lipinski definition) is 6. The van der Waals surface area contributed by atoms with Crippen molar-refractivity contribution in [3.63, 3.8) is 0 Å². The predicted molar refractivity (Wildman–Crippen MR) is 136 cm³/mol. The molecule has 1 aromatic heterocycles. The first-order chi connectivity index (χ1) is 16.4. The molecule has 34 heavy (non-hydrogen) atoms. The molecule has 0 saturated carbocycles. The number of fused-ring (bicyclic) bond motifs is 1. The molecular weight excluding hydrogens is 470 g/mol. The number of unbranched alkanes of at least 4 members (excludes halogenated alkanes) is 1. The number of thioether (sulfide) groups is 1. The molecular formula is C25H29N3O4S2. The van der Waals surface area contributed by atoms with E-state index in [1.807, 2.05) is 49.4 Å². The average molecular weight is 500 g/mol. The molecule has 1 aliphatic rings. The third-order valence-electron chi connectivity index (χ3n) is 6.06. The van der Waals surface area contributed by atoms with Gasteiger partial charge in [-0.1, -0.05) is 67.6 Å². The zero-order valence-electron chi connectivity index (χ0n) is 19.2. The van der Waals surface area contributed by atoms with E-state index in [1.165, 1.54) is 11.8 Å². The molecule has 7 nitrogen and oxygen atoms in total. The molecule has 1 saturated heterocycles. The zero-order chi connectivity index (χ0) is 24.1. The van der Waals surface area contributed by atoms with Crippen molar-refractivity contribution in [2.45, 2.75) is 43.9 Å². The van der Waals surface area contributed by atoms with Crippen LogP contribution in [0.25, 0.3) is 10.9 Å². The maximum absolute atomic E-state index is 13.3. The zero-order valence-corrected chi connectivity index (χ0v) is 20.9. The second kappa shape index (κ2) is 10.7. The van der Waals surface area contributed by atoms with Crippen molar-refractivity contribution in [1.82, 2.24) is 14.5 Å². The summed E-state index contributed by atoms with van der Waals surface area (Å²) in [5.41, 5.74) is 1.42. The van der Waals surface area contributed by atoms with Gasteiger partial charge in [0.25, 0.3) is 5.56 Å². The number of para-hydroxylation sites is 1. The van der Waals surface area contributed by atoms with Crippen LogP contribution in [0.15, 0.2) is 64.5 Å². The largest absolute Gasteiger partial charge is 0.338 e. The Labute approximate surface area is 204 Å². The molecule has 1 aliphatic heterocycles. The summed E-state index contributed by atoms with van der Waals surface area (Å²) in [5, 5.41) is 1.02. The quantitative estimate of drug-likeness (QED) is 0.331. The fourth-order valence-corrected chi connectivity index (χ4v) is 6.85. The Kier molecular flexibility index (Phi) is 7.73. The second-order valence-electron chi connectivity index (χ2n) is 8.57. The van der Waals surface area contributed by atoms with Gasteiger partial charge in [0.15, 0.2) is 15.0 Å². The number of sulfone groups is 1. The van der Waals surface area contributed by atoms with Crippen LogP contribution in [0.1, 0.15) is 31.7 Å². The summed E-state index contributed by atoms with van der Waals surface area (Å²) in [6, 6.07) is 16.6. The van der Waals surface area contributed by atoms with Crippen LogP contribution < -0.4 is 5.56 Å². The Balaban J connectivity index is 1.60. The van der Waals surface area contributed by atoms with E-state index >= 15 is 0 Å². The maximum Gasteiger partial charge on any atom is 0.262 e. The Morgan fingerprint density at radius 2 is 1.88 bits per heavy atom. The minimum absolute atomic E-state index is 0.0278. The number of hydrogen-bond donors (Lipinski definition) is 0. The smallest absolute Gasteiger partial charge is 0.262 e. The molecule has 0 aliphatic carbocycles. The van der Waals surface area contributed by atoms with Crippen LogP contribution >= 0.6 is 11.8 Å². The van der Waals surface area contributed by atoms with E-state index in [1.54, 1.807) is 21.6 Å². The third kappa shape index (κ3) is 5.70. The van der Waals surface area contributed by atoms with Gasteiger partial charge in [0, 0.05) is 12.6 Å². The predicted octanol–water partition coefficient (Wildman–Crippen LogP) is 3.35. The Morgan fingerprint density at radius 1 is 1.15 bits per heavy atom. The molecule has 1 amide bonds. The molecule has 1 unspecified atom stereocenters. The van der Waals surface area contributed by atoms with Crippen LogP contribution in [-0.2, 0) is 21.2 Å². The number of rotatable bonds is 9. The number of carbonyl (C=O) groups excluding carboxylic acids is 1. The first-order valence-electron chi connectivity index (χ1n) is 11.5. The monoisotopic (exact) mass is 499 g/mol. The molecule has 1 fully saturated rings. The van der Waals surface area contributed by atoms with Gasteiger partial charge in [0.1, 0.15) is 0 Å². The molecule has 2 aromatic carbocycles. The van der Waals surface area contributed by atoms with Crippen LogP contribution in [-0.4, -0.2) is 58.6 Å². The van der Waals surface area contributed by atoms with Gasteiger partial charge in [0.05, 0.1) is 34.7 Å². The van der Waals surface area contributed by atoms with E-state index in [9.17, 15) is 18.0 Å². The number of amides is 1. The van der Waals surface area contributed by atoms with Crippen LogP contribution in [0.4, 0.5) is 0 Å². The summed E-state index contributed by atoms with van der Waals surface area (Å²) in [6.07, 6.45) is 2.22. The first-order valence-corrected chi connectivity index (χ1v) is 14.3. The SMILES string of the molecule is CCCCN(C(=O)CSc1nc2ccccc2c(=O)n1Cc1ccccc1)C1CCS(=O)(=O)C1. The minimum atomic E-state index is -3.10. The van der Waals surface area contributed by atoms with Crippen LogP contribution in [0.2, 0.25) is 0 Å². The van der Waals surface area contributed by atoms with Gasteiger partial charge in [-0.15, -0.1) is 0 Å². The summed E-state index contributed by atoms with van der Waals surface area (Å²) in [5.74, 6) is 0.137. The minimum Gasteiger partial charge on any atom is -0.338 e. The van der Waals surface area contributed by atoms with Crippen molar-refractivity contribution >= 4 is 38.4 Å². The number of nitrogens with zero attached hydrogens (tertiary/aromatic N) is 3. The lowest BCUT2D eigenvalue weighted by atomic mass is 10.2. The topological polar surface area (TPSA) is 89.3 Å². The molecule has 2 heterocycles. The number of carbonyl (C=O) groups is 1. The van der Waals surface area contributed by atoms with E-state index in [4.69, 9.17) is 4.98 Å². The molecule has 0 N–H and O–H groups in total. The molecule has 0 bridgehead atoms. The Bertz CT molecular complexity index is 1320. The van der Waals surface area contributed by atoms with Gasteiger partial charge >= 0.3 is 0 Å². The Hall–Kier alpha value is -2.65. The van der Waals surface area contributed by atoms with E-state index in [0.717, 1.165) is 18.4 Å². The van der Waals surface area contributed by atoms with E-state index in [0.29, 0.717) is 35.6 Å². The summed E-state index contributed by atoms with van der Waals surface area (Å²) in [6.45, 7) is 2.94. The average Bonchev–Trinajstić information content (AvgIpc) is 3.20. The fraction of sp³-hybridized carbons (Fsp3) is 0.400. The van der Waals surface area contributed by atoms with Gasteiger partial charge in [-0.25, -0.2) is 13.4 Å². The van der Waals surface area contributed by atoms with Gasteiger partial charge in [-0.2, -0.15) is 0 Å². The van der Waals surface area contributed by atoms with Gasteiger partial charge in [-0.3, -0.25) is 14.2 Å². The van der Waals surface area contributed by atoms with Gasteiger partial charge in [-0.05, 0) is 30.5 Å². The highest BCUT2D eigenvalue weighted by Gasteiger charge is 2.34. The van der Waals surface area contributed by atoms with E-state index in [2.05, 4.69) is 0 Å². The molecule has 0 radical (unpaired) electrons. The molecule has 1 atom stereocenters. The highest BCUT2D eigenvalue weighted by Crippen LogP contribution is 2.23. The highest BCUT2D eigenvalue weighted by atomic mass is 32.2. The van der Waals surface area contributed by atoms with Crippen molar-refractivity contribution in [3.05, 3.63) is 70.5 Å². The third-order valence-corrected chi connectivity index (χ3v) is 8.77. The summed E-state index contributed by atoms with van der Waals surface area (Å²) >= 11 is 1.24. The lowest BCUT2D eigenvalue weighted by molar-refractivity contribution is -0.130. The normalized spacial score (nSPS) is 17.1. The number of aromatic nitrogens is 2. The molecule has 0 spiro atoms. The highest BCUT2D eigenvalue weighted by molar-refractivity contribution is 7.99. The lowest BCUT2D eigenvalue weighted by Crippen LogP contribution is -2.42. The van der Waals surface area contributed by atoms with E-state index in [-0.39, 0.29) is 34.8 Å². The van der Waals surface area contributed by atoms with E-state index < -0.39 is 9.84 Å². The van der Waals surface area contributed by atoms with Gasteiger partial charge in [0.2, 0.25) is 5.91 Å². The summed E-state index contributed by atoms with van der Waals surface area (Å²) in [4.78, 5) is 33.0. The summed E-state index contributed by atoms with van der Waals surface area (Å²) < 4.78 is 25.6. The Morgan fingerprint density at radius 3 is 2.59 bits per heavy atom. The van der Waals surface area contributed by atoms with Crippen LogP contribution in [0.3, 0.4) is 0 Å². The lowest BCUT2D eigenvalue weighted by Gasteiger charge is -2.28. The van der Waals surface area contributed by atoms with Crippen LogP contribution in [0.5, 0.6) is 0 Å². The van der Waals surface area contributed by atoms with Crippen molar-refractivity contribution in [1.29, 1.82) is 0 Å². The van der Waals surface area contributed by atoms with Crippen molar-refractivity contribution < 1.29 is 13.2 Å². The summed E-state index contributed by atoms with van der Waals surface area (Å²) in [7, 11) is -3.10. The molecule has 3 aromatic rings. The fourth-order valence-electron chi connectivity index (χ4n) is 4.23. The number of benzene rings is 2. The second-order valence-corrected chi connectivity index (χ2v) is 11.7. The van der Waals surface area contributed by atoms with Crippen molar-refractivity contribution in [2.75, 3.05) is 23.8 Å². The first kappa shape index (κ1) is 24.5. The molecule has 4 rings (SSSR count). The maximum atomic E-state index is 13.3. The van der Waals surface area contributed by atoms with Gasteiger partial charge < -0.3 is 4.90 Å². The van der Waals surface area contributed by atoms with Crippen LogP contribution in [0, 0.1) is 0 Å².